The van der Waals surface area contributed by atoms with Crippen LogP contribution >= 0.6 is 27.3 Å². The smallest absolute Gasteiger partial charge is 0.261 e. The molecule has 1 aliphatic heterocycles. The van der Waals surface area contributed by atoms with Gasteiger partial charge in [0.15, 0.2) is 0 Å². The van der Waals surface area contributed by atoms with Crippen LogP contribution in [0.3, 0.4) is 0 Å². The zero-order chi connectivity index (χ0) is 14.0. The zero-order valence-electron chi connectivity index (χ0n) is 10.4. The molecule has 0 aliphatic carbocycles. The van der Waals surface area contributed by atoms with Crippen molar-refractivity contribution in [1.82, 2.24) is 9.62 Å². The maximum atomic E-state index is 12.0. The van der Waals surface area contributed by atoms with E-state index in [4.69, 9.17) is 0 Å². The summed E-state index contributed by atoms with van der Waals surface area (Å²) in [5.41, 5.74) is 0. The number of carbonyl (C=O) groups excluding carboxylic acids is 1. The Morgan fingerprint density at radius 1 is 1.58 bits per heavy atom. The van der Waals surface area contributed by atoms with Crippen molar-refractivity contribution in [1.29, 1.82) is 0 Å². The van der Waals surface area contributed by atoms with Gasteiger partial charge in [0.25, 0.3) is 5.91 Å². The molecule has 8 heteroatoms. The number of amides is 1. The molecule has 1 aromatic rings. The molecule has 0 bridgehead atoms. The molecular weight excluding hydrogens is 352 g/mol. The number of sulfonamides is 1. The lowest BCUT2D eigenvalue weighted by Crippen LogP contribution is -2.49. The van der Waals surface area contributed by atoms with Gasteiger partial charge in [0.2, 0.25) is 10.0 Å². The Morgan fingerprint density at radius 2 is 2.32 bits per heavy atom. The van der Waals surface area contributed by atoms with Crippen molar-refractivity contribution in [3.05, 3.63) is 20.8 Å². The fraction of sp³-hybridized carbons (Fsp3) is 0.545. The van der Waals surface area contributed by atoms with Gasteiger partial charge in [0, 0.05) is 29.0 Å². The molecule has 1 aliphatic rings. The molecule has 1 amide bonds. The number of thiophene rings is 1. The summed E-state index contributed by atoms with van der Waals surface area (Å²) in [5.74, 6) is -0.143. The van der Waals surface area contributed by atoms with E-state index in [1.54, 1.807) is 6.07 Å². The Bertz CT molecular complexity index is 570. The number of nitrogens with zero attached hydrogens (tertiary/aromatic N) is 1. The summed E-state index contributed by atoms with van der Waals surface area (Å²) < 4.78 is 25.3. The third-order valence-corrected chi connectivity index (χ3v) is 5.94. The lowest BCUT2D eigenvalue weighted by Gasteiger charge is -2.31. The third kappa shape index (κ3) is 4.01. The fourth-order valence-electron chi connectivity index (χ4n) is 2.05. The van der Waals surface area contributed by atoms with E-state index in [0.717, 1.165) is 17.3 Å². The number of halogens is 1. The summed E-state index contributed by atoms with van der Waals surface area (Å²) in [6.07, 6.45) is 2.78. The first-order valence-electron chi connectivity index (χ1n) is 5.86. The second kappa shape index (κ2) is 5.90. The van der Waals surface area contributed by atoms with Crippen LogP contribution < -0.4 is 5.32 Å². The topological polar surface area (TPSA) is 66.5 Å². The lowest BCUT2D eigenvalue weighted by atomic mass is 10.1. The van der Waals surface area contributed by atoms with E-state index in [2.05, 4.69) is 21.2 Å². The van der Waals surface area contributed by atoms with Crippen molar-refractivity contribution >= 4 is 43.2 Å². The summed E-state index contributed by atoms with van der Waals surface area (Å²) >= 11 is 4.67. The van der Waals surface area contributed by atoms with Gasteiger partial charge in [-0.05, 0) is 34.8 Å². The van der Waals surface area contributed by atoms with Crippen LogP contribution in [0.1, 0.15) is 22.5 Å². The van der Waals surface area contributed by atoms with Gasteiger partial charge in [-0.25, -0.2) is 12.7 Å². The SMILES string of the molecule is CS(=O)(=O)N1CCCC(NC(=O)c2cc(Br)cs2)C1. The van der Waals surface area contributed by atoms with E-state index in [0.29, 0.717) is 18.0 Å². The molecule has 0 radical (unpaired) electrons. The third-order valence-electron chi connectivity index (χ3n) is 2.98. The molecule has 106 valence electrons. The summed E-state index contributed by atoms with van der Waals surface area (Å²) in [7, 11) is -3.18. The van der Waals surface area contributed by atoms with Crippen molar-refractivity contribution in [2.45, 2.75) is 18.9 Å². The summed E-state index contributed by atoms with van der Waals surface area (Å²) in [6, 6.07) is 1.65. The molecular formula is C11H15BrN2O3S2. The van der Waals surface area contributed by atoms with E-state index >= 15 is 0 Å². The van der Waals surface area contributed by atoms with Crippen LogP contribution in [-0.2, 0) is 10.0 Å². The van der Waals surface area contributed by atoms with Gasteiger partial charge in [-0.3, -0.25) is 4.79 Å². The van der Waals surface area contributed by atoms with E-state index in [1.165, 1.54) is 21.9 Å². The predicted molar refractivity (Wildman–Crippen MR) is 78.9 cm³/mol. The van der Waals surface area contributed by atoms with Crippen LogP contribution in [0.5, 0.6) is 0 Å². The van der Waals surface area contributed by atoms with Crippen LogP contribution in [0, 0.1) is 0 Å². The van der Waals surface area contributed by atoms with Crippen molar-refractivity contribution in [3.63, 3.8) is 0 Å². The number of piperidine rings is 1. The highest BCUT2D eigenvalue weighted by atomic mass is 79.9. The Hall–Kier alpha value is -0.440. The number of hydrogen-bond acceptors (Lipinski definition) is 4. The maximum Gasteiger partial charge on any atom is 0.261 e. The van der Waals surface area contributed by atoms with Gasteiger partial charge in [-0.1, -0.05) is 0 Å². The van der Waals surface area contributed by atoms with Crippen LogP contribution in [0.15, 0.2) is 15.9 Å². The number of carbonyl (C=O) groups is 1. The highest BCUT2D eigenvalue weighted by Gasteiger charge is 2.27. The van der Waals surface area contributed by atoms with Gasteiger partial charge in [0.1, 0.15) is 0 Å². The minimum absolute atomic E-state index is 0.114. The monoisotopic (exact) mass is 366 g/mol. The molecule has 1 atom stereocenters. The Balaban J connectivity index is 1.98. The first kappa shape index (κ1) is 15.0. The average molecular weight is 367 g/mol. The molecule has 2 rings (SSSR count). The van der Waals surface area contributed by atoms with Crippen molar-refractivity contribution < 1.29 is 13.2 Å². The molecule has 1 saturated heterocycles. The number of nitrogens with one attached hydrogen (secondary N) is 1. The first-order chi connectivity index (χ1) is 8.86. The molecule has 0 aromatic carbocycles. The summed E-state index contributed by atoms with van der Waals surface area (Å²) in [4.78, 5) is 12.6. The second-order valence-electron chi connectivity index (χ2n) is 4.56. The largest absolute Gasteiger partial charge is 0.347 e. The Morgan fingerprint density at radius 3 is 2.89 bits per heavy atom. The molecule has 0 spiro atoms. The molecule has 2 heterocycles. The van der Waals surface area contributed by atoms with Crippen LogP contribution in [0.4, 0.5) is 0 Å². The van der Waals surface area contributed by atoms with Crippen LogP contribution in [0.25, 0.3) is 0 Å². The van der Waals surface area contributed by atoms with Crippen molar-refractivity contribution in [3.8, 4) is 0 Å². The highest BCUT2D eigenvalue weighted by molar-refractivity contribution is 9.10. The lowest BCUT2D eigenvalue weighted by molar-refractivity contribution is 0.0925. The van der Waals surface area contributed by atoms with Gasteiger partial charge in [0.05, 0.1) is 11.1 Å². The molecule has 0 saturated carbocycles. The van der Waals surface area contributed by atoms with Crippen molar-refractivity contribution in [2.24, 2.45) is 0 Å². The van der Waals surface area contributed by atoms with E-state index < -0.39 is 10.0 Å². The summed E-state index contributed by atoms with van der Waals surface area (Å²) in [5, 5.41) is 4.74. The molecule has 1 N–H and O–H groups in total. The van der Waals surface area contributed by atoms with Gasteiger partial charge < -0.3 is 5.32 Å². The zero-order valence-corrected chi connectivity index (χ0v) is 13.6. The minimum Gasteiger partial charge on any atom is -0.347 e. The molecule has 1 aromatic heterocycles. The van der Waals surface area contributed by atoms with Crippen molar-refractivity contribution in [2.75, 3.05) is 19.3 Å². The summed E-state index contributed by atoms with van der Waals surface area (Å²) in [6.45, 7) is 0.896. The van der Waals surface area contributed by atoms with E-state index in [1.807, 2.05) is 5.38 Å². The molecule has 19 heavy (non-hydrogen) atoms. The minimum atomic E-state index is -3.18. The standard InChI is InChI=1S/C11H15BrN2O3S2/c1-19(16,17)14-4-2-3-9(6-14)13-11(15)10-5-8(12)7-18-10/h5,7,9H,2-4,6H2,1H3,(H,13,15). The van der Waals surface area contributed by atoms with E-state index in [-0.39, 0.29) is 11.9 Å². The van der Waals surface area contributed by atoms with Gasteiger partial charge in [-0.15, -0.1) is 11.3 Å². The predicted octanol–water partition coefficient (Wildman–Crippen LogP) is 1.66. The second-order valence-corrected chi connectivity index (χ2v) is 8.37. The van der Waals surface area contributed by atoms with E-state index in [9.17, 15) is 13.2 Å². The van der Waals surface area contributed by atoms with Crippen LogP contribution in [0.2, 0.25) is 0 Å². The molecule has 1 unspecified atom stereocenters. The average Bonchev–Trinajstić information content (AvgIpc) is 2.75. The number of rotatable bonds is 3. The molecule has 1 fully saturated rings. The normalized spacial score (nSPS) is 21.3. The molecule has 5 nitrogen and oxygen atoms in total. The van der Waals surface area contributed by atoms with Gasteiger partial charge >= 0.3 is 0 Å². The van der Waals surface area contributed by atoms with Crippen LogP contribution in [-0.4, -0.2) is 44.0 Å². The highest BCUT2D eigenvalue weighted by Crippen LogP contribution is 2.20. The first-order valence-corrected chi connectivity index (χ1v) is 9.38. The fourth-order valence-corrected chi connectivity index (χ4v) is 4.29. The quantitative estimate of drug-likeness (QED) is 0.884. The Labute approximate surface area is 125 Å². The Kier molecular flexibility index (Phi) is 4.65. The number of hydrogen-bond donors (Lipinski definition) is 1. The maximum absolute atomic E-state index is 12.0. The van der Waals surface area contributed by atoms with Gasteiger partial charge in [-0.2, -0.15) is 0 Å².